The summed E-state index contributed by atoms with van der Waals surface area (Å²) < 4.78 is 15.8. The topological polar surface area (TPSA) is 27.7 Å². The summed E-state index contributed by atoms with van der Waals surface area (Å²) in [7, 11) is 3.21. The Labute approximate surface area is 96.3 Å². The van der Waals surface area contributed by atoms with E-state index in [9.17, 15) is 0 Å². The molecule has 0 aliphatic carbocycles. The van der Waals surface area contributed by atoms with Gasteiger partial charge in [0, 0.05) is 12.5 Å². The maximum atomic E-state index is 5.51. The monoisotopic (exact) mass is 220 g/mol. The Hall–Kier alpha value is -1.82. The highest BCUT2D eigenvalue weighted by molar-refractivity contribution is 5.45. The first-order valence-electron chi connectivity index (χ1n) is 5.06. The minimum Gasteiger partial charge on any atom is -0.493 e. The van der Waals surface area contributed by atoms with Gasteiger partial charge in [0.1, 0.15) is 5.75 Å². The molecule has 3 heteroatoms. The lowest BCUT2D eigenvalue weighted by molar-refractivity contribution is 0.318. The zero-order valence-corrected chi connectivity index (χ0v) is 9.87. The molecule has 3 nitrogen and oxygen atoms in total. The molecule has 0 spiro atoms. The summed E-state index contributed by atoms with van der Waals surface area (Å²) in [5.74, 6) is 7.88. The maximum Gasteiger partial charge on any atom is 0.164 e. The third kappa shape index (κ3) is 3.39. The van der Waals surface area contributed by atoms with Crippen LogP contribution in [0.25, 0.3) is 0 Å². The number of hydrogen-bond acceptors (Lipinski definition) is 3. The fourth-order valence-corrected chi connectivity index (χ4v) is 1.25. The Morgan fingerprint density at radius 3 is 2.50 bits per heavy atom. The van der Waals surface area contributed by atoms with Crippen LogP contribution < -0.4 is 14.2 Å². The summed E-state index contributed by atoms with van der Waals surface area (Å²) in [6, 6.07) is 5.47. The molecule has 0 radical (unpaired) electrons. The summed E-state index contributed by atoms with van der Waals surface area (Å²) in [5, 5.41) is 0. The Bertz CT molecular complexity index is 388. The largest absolute Gasteiger partial charge is 0.493 e. The van der Waals surface area contributed by atoms with Crippen LogP contribution >= 0.6 is 0 Å². The molecule has 0 saturated heterocycles. The van der Waals surface area contributed by atoms with Gasteiger partial charge in [0.05, 0.1) is 20.8 Å². The predicted octanol–water partition coefficient (Wildman–Crippen LogP) is 2.50. The van der Waals surface area contributed by atoms with Crippen molar-refractivity contribution in [1.29, 1.82) is 0 Å². The van der Waals surface area contributed by atoms with E-state index < -0.39 is 0 Å². The van der Waals surface area contributed by atoms with Crippen molar-refractivity contribution in [3.8, 4) is 29.1 Å². The van der Waals surface area contributed by atoms with E-state index in [1.165, 1.54) is 0 Å². The number of hydrogen-bond donors (Lipinski definition) is 0. The Morgan fingerprint density at radius 1 is 1.12 bits per heavy atom. The molecule has 0 aromatic heterocycles. The zero-order chi connectivity index (χ0) is 11.8. The summed E-state index contributed by atoms with van der Waals surface area (Å²) in [4.78, 5) is 0. The lowest BCUT2D eigenvalue weighted by Crippen LogP contribution is -1.97. The van der Waals surface area contributed by atoms with Crippen LogP contribution in [0.1, 0.15) is 13.3 Å². The average Bonchev–Trinajstić information content (AvgIpc) is 2.34. The quantitative estimate of drug-likeness (QED) is 0.563. The van der Waals surface area contributed by atoms with Gasteiger partial charge in [-0.2, -0.15) is 0 Å². The fourth-order valence-electron chi connectivity index (χ4n) is 1.25. The van der Waals surface area contributed by atoms with Gasteiger partial charge in [-0.25, -0.2) is 0 Å². The molecule has 86 valence electrons. The minimum atomic E-state index is 0.580. The van der Waals surface area contributed by atoms with Gasteiger partial charge in [-0.1, -0.05) is 0 Å². The normalized spacial score (nSPS) is 8.94. The van der Waals surface area contributed by atoms with E-state index in [0.717, 1.165) is 12.2 Å². The van der Waals surface area contributed by atoms with Gasteiger partial charge in [-0.05, 0) is 19.1 Å². The third-order valence-electron chi connectivity index (χ3n) is 2.03. The van der Waals surface area contributed by atoms with Crippen LogP contribution in [0.3, 0.4) is 0 Å². The first-order valence-corrected chi connectivity index (χ1v) is 5.06. The number of ether oxygens (including phenoxy) is 3. The highest BCUT2D eigenvalue weighted by Crippen LogP contribution is 2.30. The first-order chi connectivity index (χ1) is 7.81. The second kappa shape index (κ2) is 6.62. The molecular weight excluding hydrogens is 204 g/mol. The van der Waals surface area contributed by atoms with Gasteiger partial charge in [0.25, 0.3) is 0 Å². The molecule has 0 saturated carbocycles. The van der Waals surface area contributed by atoms with Crippen LogP contribution in [0.2, 0.25) is 0 Å². The predicted molar refractivity (Wildman–Crippen MR) is 63.1 cm³/mol. The van der Waals surface area contributed by atoms with Crippen molar-refractivity contribution in [3.05, 3.63) is 18.2 Å². The molecule has 0 unspecified atom stereocenters. The van der Waals surface area contributed by atoms with E-state index in [1.54, 1.807) is 20.3 Å². The highest BCUT2D eigenvalue weighted by Gasteiger charge is 2.04. The summed E-state index contributed by atoms with van der Waals surface area (Å²) in [6.45, 7) is 2.40. The Balaban J connectivity index is 2.63. The second-order valence-electron chi connectivity index (χ2n) is 3.04. The van der Waals surface area contributed by atoms with Crippen molar-refractivity contribution in [3.63, 3.8) is 0 Å². The molecule has 0 aliphatic heterocycles. The first kappa shape index (κ1) is 12.3. The Morgan fingerprint density at radius 2 is 1.88 bits per heavy atom. The third-order valence-corrected chi connectivity index (χ3v) is 2.03. The zero-order valence-electron chi connectivity index (χ0n) is 9.87. The van der Waals surface area contributed by atoms with E-state index in [-0.39, 0.29) is 0 Å². The summed E-state index contributed by atoms with van der Waals surface area (Å²) in [5.41, 5.74) is 0. The van der Waals surface area contributed by atoms with Crippen molar-refractivity contribution in [2.45, 2.75) is 13.3 Å². The Kier molecular flexibility index (Phi) is 5.07. The van der Waals surface area contributed by atoms with E-state index in [2.05, 4.69) is 11.8 Å². The van der Waals surface area contributed by atoms with Crippen LogP contribution in [0.15, 0.2) is 18.2 Å². The SMILES string of the molecule is CC#CCCOc1ccc(OC)c(OC)c1. The summed E-state index contributed by atoms with van der Waals surface area (Å²) >= 11 is 0. The molecule has 1 aromatic rings. The van der Waals surface area contributed by atoms with Gasteiger partial charge >= 0.3 is 0 Å². The average molecular weight is 220 g/mol. The fraction of sp³-hybridized carbons (Fsp3) is 0.385. The van der Waals surface area contributed by atoms with Crippen LogP contribution in [0.5, 0.6) is 17.2 Å². The van der Waals surface area contributed by atoms with Crippen molar-refractivity contribution < 1.29 is 14.2 Å². The number of rotatable bonds is 5. The standard InChI is InChI=1S/C13H16O3/c1-4-5-6-9-16-11-7-8-12(14-2)13(10-11)15-3/h7-8,10H,6,9H2,1-3H3. The summed E-state index contributed by atoms with van der Waals surface area (Å²) in [6.07, 6.45) is 0.727. The molecule has 0 atom stereocenters. The van der Waals surface area contributed by atoms with E-state index in [1.807, 2.05) is 19.1 Å². The van der Waals surface area contributed by atoms with Gasteiger partial charge < -0.3 is 14.2 Å². The van der Waals surface area contributed by atoms with Crippen LogP contribution in [0, 0.1) is 11.8 Å². The minimum absolute atomic E-state index is 0.580. The molecule has 0 bridgehead atoms. The maximum absolute atomic E-state index is 5.51. The van der Waals surface area contributed by atoms with Crippen molar-refractivity contribution in [2.24, 2.45) is 0 Å². The van der Waals surface area contributed by atoms with Gasteiger partial charge in [-0.3, -0.25) is 0 Å². The molecule has 1 rings (SSSR count). The molecule has 0 heterocycles. The van der Waals surface area contributed by atoms with E-state index in [0.29, 0.717) is 18.1 Å². The van der Waals surface area contributed by atoms with Crippen molar-refractivity contribution in [2.75, 3.05) is 20.8 Å². The highest BCUT2D eigenvalue weighted by atomic mass is 16.5. The lowest BCUT2D eigenvalue weighted by atomic mass is 10.3. The lowest BCUT2D eigenvalue weighted by Gasteiger charge is -2.09. The second-order valence-corrected chi connectivity index (χ2v) is 3.04. The van der Waals surface area contributed by atoms with Gasteiger partial charge in [0.15, 0.2) is 11.5 Å². The van der Waals surface area contributed by atoms with Gasteiger partial charge in [0.2, 0.25) is 0 Å². The van der Waals surface area contributed by atoms with E-state index in [4.69, 9.17) is 14.2 Å². The van der Waals surface area contributed by atoms with Crippen LogP contribution in [0.4, 0.5) is 0 Å². The molecule has 0 aliphatic rings. The molecule has 0 amide bonds. The molecule has 0 fully saturated rings. The number of benzene rings is 1. The molecular formula is C13H16O3. The van der Waals surface area contributed by atoms with Crippen LogP contribution in [-0.2, 0) is 0 Å². The smallest absolute Gasteiger partial charge is 0.164 e. The number of methoxy groups -OCH3 is 2. The molecule has 16 heavy (non-hydrogen) atoms. The van der Waals surface area contributed by atoms with Crippen molar-refractivity contribution in [1.82, 2.24) is 0 Å². The van der Waals surface area contributed by atoms with Gasteiger partial charge in [-0.15, -0.1) is 11.8 Å². The molecule has 1 aromatic carbocycles. The molecule has 0 N–H and O–H groups in total. The van der Waals surface area contributed by atoms with E-state index >= 15 is 0 Å². The van der Waals surface area contributed by atoms with Crippen LogP contribution in [-0.4, -0.2) is 20.8 Å². The van der Waals surface area contributed by atoms with Crippen molar-refractivity contribution >= 4 is 0 Å².